The Balaban J connectivity index is 1.02. The van der Waals surface area contributed by atoms with Gasteiger partial charge in [-0.25, -0.2) is 0 Å². The molecule has 0 aliphatic heterocycles. The van der Waals surface area contributed by atoms with Gasteiger partial charge in [-0.3, -0.25) is 0 Å². The molecule has 0 amide bonds. The van der Waals surface area contributed by atoms with E-state index in [4.69, 9.17) is 0 Å². The highest BCUT2D eigenvalue weighted by Gasteiger charge is 2.19. The van der Waals surface area contributed by atoms with E-state index in [9.17, 15) is 0 Å². The van der Waals surface area contributed by atoms with Crippen LogP contribution in [0.15, 0.2) is 223 Å². The Labute approximate surface area is 363 Å². The van der Waals surface area contributed by atoms with Gasteiger partial charge in [0, 0.05) is 42.4 Å². The first-order valence-electron chi connectivity index (χ1n) is 20.7. The molecule has 11 aromatic rings. The van der Waals surface area contributed by atoms with Crippen LogP contribution in [0.25, 0.3) is 75.9 Å². The zero-order chi connectivity index (χ0) is 40.7. The molecule has 9 aromatic carbocycles. The quantitative estimate of drug-likeness (QED) is 0.105. The second-order valence-corrected chi connectivity index (χ2v) is 20.6. The normalized spacial score (nSPS) is 12.3. The molecule has 2 aromatic heterocycles. The molecule has 0 fully saturated rings. The van der Waals surface area contributed by atoms with Crippen LogP contribution in [0.3, 0.4) is 0 Å². The first-order valence-corrected chi connectivity index (χ1v) is 24.6. The highest BCUT2D eigenvalue weighted by atomic mass is 32.2. The molecule has 2 unspecified atom stereocenters. The highest BCUT2D eigenvalue weighted by Crippen LogP contribution is 2.58. The maximum atomic E-state index is 2.45. The van der Waals surface area contributed by atoms with Gasteiger partial charge in [0.05, 0.1) is 0 Å². The zero-order valence-corrected chi connectivity index (χ0v) is 36.3. The lowest BCUT2D eigenvalue weighted by Gasteiger charge is -2.25. The lowest BCUT2D eigenvalue weighted by atomic mass is 10.0. The number of hydrogen-bond donors (Lipinski definition) is 0. The molecule has 0 radical (unpaired) electrons. The first kappa shape index (κ1) is 37.5. The molecule has 290 valence electrons. The Morgan fingerprint density at radius 2 is 0.770 bits per heavy atom. The molecule has 4 heteroatoms. The van der Waals surface area contributed by atoms with E-state index >= 15 is 0 Å². The van der Waals surface area contributed by atoms with Gasteiger partial charge >= 0.3 is 0 Å². The fraction of sp³-hybridized carbons (Fsp3) is 0.0175. The largest absolute Gasteiger partial charge is 0.310 e. The average Bonchev–Trinajstić information content (AvgIpc) is 3.83. The van der Waals surface area contributed by atoms with Crippen LogP contribution in [0.5, 0.6) is 0 Å². The topological polar surface area (TPSA) is 3.24 Å². The van der Waals surface area contributed by atoms with Crippen LogP contribution in [0.2, 0.25) is 0 Å². The number of rotatable bonds is 9. The maximum Gasteiger partial charge on any atom is 0.0471 e. The van der Waals surface area contributed by atoms with Crippen molar-refractivity contribution in [1.82, 2.24) is 0 Å². The molecule has 2 heterocycles. The summed E-state index contributed by atoms with van der Waals surface area (Å²) < 4.78 is 0. The van der Waals surface area contributed by atoms with Gasteiger partial charge in [0.15, 0.2) is 0 Å². The minimum Gasteiger partial charge on any atom is -0.310 e. The van der Waals surface area contributed by atoms with Gasteiger partial charge < -0.3 is 4.90 Å². The number of hydrogen-bond acceptors (Lipinski definition) is 2. The summed E-state index contributed by atoms with van der Waals surface area (Å²) in [6, 6.07) is 81.0. The van der Waals surface area contributed by atoms with Crippen molar-refractivity contribution in [3.05, 3.63) is 230 Å². The third kappa shape index (κ3) is 6.98. The van der Waals surface area contributed by atoms with Crippen LogP contribution in [-0.2, 0) is 0 Å². The Morgan fingerprint density at radius 3 is 1.26 bits per heavy atom. The Hall–Kier alpha value is -6.53. The molecule has 0 spiro atoms. The fourth-order valence-electron chi connectivity index (χ4n) is 8.87. The number of fused-ring (bicyclic) bond motifs is 6. The van der Waals surface area contributed by atoms with Crippen LogP contribution in [-0.4, -0.2) is 6.26 Å². The van der Waals surface area contributed by atoms with Crippen LogP contribution in [0.1, 0.15) is 11.1 Å². The molecule has 2 atom stereocenters. The summed E-state index contributed by atoms with van der Waals surface area (Å²) in [4.78, 5) is 3.66. The summed E-state index contributed by atoms with van der Waals surface area (Å²) in [5.41, 5.74) is 8.45. The van der Waals surface area contributed by atoms with Crippen molar-refractivity contribution in [1.29, 1.82) is 0 Å². The zero-order valence-electron chi connectivity index (χ0n) is 33.7. The summed E-state index contributed by atoms with van der Waals surface area (Å²) in [6.45, 7) is 0. The van der Waals surface area contributed by atoms with E-state index in [0.29, 0.717) is 0 Å². The lowest BCUT2D eigenvalue weighted by Crippen LogP contribution is -2.09. The lowest BCUT2D eigenvalue weighted by molar-refractivity contribution is 1.29. The molecule has 61 heavy (non-hydrogen) atoms. The van der Waals surface area contributed by atoms with Crippen LogP contribution in [0, 0.1) is 0 Å². The average molecular weight is 834 g/mol. The molecule has 0 aliphatic rings. The molecule has 0 N–H and O–H groups in total. The van der Waals surface area contributed by atoms with Crippen LogP contribution in [0.4, 0.5) is 17.1 Å². The number of nitrogens with zero attached hydrogens (tertiary/aromatic N) is 1. The molecular formula is C57H41NP2S. The predicted molar refractivity (Wildman–Crippen MR) is 272 cm³/mol. The van der Waals surface area contributed by atoms with Crippen molar-refractivity contribution in [2.45, 2.75) is 4.90 Å². The minimum atomic E-state index is -0.776. The van der Waals surface area contributed by atoms with Crippen molar-refractivity contribution in [3.8, 4) is 21.7 Å². The van der Waals surface area contributed by atoms with Gasteiger partial charge in [-0.05, 0) is 127 Å². The van der Waals surface area contributed by atoms with Crippen LogP contribution >= 0.6 is 26.8 Å². The number of thioether (sulfide) groups is 1. The summed E-state index contributed by atoms with van der Waals surface area (Å²) in [5, 5.41) is 13.8. The Kier molecular flexibility index (Phi) is 9.92. The van der Waals surface area contributed by atoms with Gasteiger partial charge in [0.25, 0.3) is 0 Å². The Morgan fingerprint density at radius 1 is 0.361 bits per heavy atom. The first-order chi connectivity index (χ1) is 30.2. The maximum absolute atomic E-state index is 2.45. The van der Waals surface area contributed by atoms with E-state index in [1.54, 1.807) is 11.8 Å². The van der Waals surface area contributed by atoms with E-state index in [1.807, 2.05) is 0 Å². The monoisotopic (exact) mass is 833 g/mol. The van der Waals surface area contributed by atoms with E-state index in [2.05, 4.69) is 242 Å². The smallest absolute Gasteiger partial charge is 0.0471 e. The van der Waals surface area contributed by atoms with Gasteiger partial charge in [0.1, 0.15) is 0 Å². The predicted octanol–water partition coefficient (Wildman–Crippen LogP) is 18.3. The fourth-order valence-corrected chi connectivity index (χ4v) is 14.7. The summed E-state index contributed by atoms with van der Waals surface area (Å²) >= 11 is 1.78. The van der Waals surface area contributed by atoms with E-state index in [-0.39, 0.29) is 0 Å². The Bertz CT molecular complexity index is 3330. The third-order valence-corrected chi connectivity index (χ3v) is 17.6. The van der Waals surface area contributed by atoms with Gasteiger partial charge in [-0.2, -0.15) is 0 Å². The SMILES string of the molecule is CSc1ccc(-c2ccc3c4ccc(/C=C/c5ccc6c7ccc(N(c8ccccc8)c8ccccc8)cc7p(-c7ccccc7)c6c5)cc4p(-c4ccccc4)c3c2)cc1. The van der Waals surface area contributed by atoms with Crippen molar-refractivity contribution >= 4 is 98.1 Å². The molecule has 11 rings (SSSR count). The molecule has 0 saturated carbocycles. The standard InChI is InChI=1S/C57H41NP2S/c1-61-49-30-26-42(27-31-49)43-28-34-52-50-32-24-40(36-54(50)59(56(52)38-43)47-18-10-4-11-19-47)22-23-41-25-33-51-53-35-29-46(39-57(53)60(55(51)37-41)48-20-12-5-13-21-48)58(44-14-6-2-7-15-44)45-16-8-3-9-17-45/h2-39H,1H3/b23-22+. The van der Waals surface area contributed by atoms with E-state index in [0.717, 1.165) is 11.4 Å². The number of anilines is 3. The number of benzene rings is 9. The van der Waals surface area contributed by atoms with Crippen molar-refractivity contribution in [2.75, 3.05) is 11.2 Å². The highest BCUT2D eigenvalue weighted by molar-refractivity contribution is 7.98. The summed E-state index contributed by atoms with van der Waals surface area (Å²) in [5.74, 6) is 0. The van der Waals surface area contributed by atoms with Gasteiger partial charge in [-0.15, -0.1) is 11.8 Å². The second kappa shape index (κ2) is 16.2. The number of para-hydroxylation sites is 2. The minimum absolute atomic E-state index is 0.708. The van der Waals surface area contributed by atoms with E-state index < -0.39 is 15.1 Å². The molecule has 0 aliphatic carbocycles. The molecular weight excluding hydrogens is 793 g/mol. The van der Waals surface area contributed by atoms with Crippen molar-refractivity contribution in [3.63, 3.8) is 0 Å². The van der Waals surface area contributed by atoms with Crippen LogP contribution < -0.4 is 4.90 Å². The summed E-state index contributed by atoms with van der Waals surface area (Å²) in [6.07, 6.45) is 6.75. The molecule has 0 saturated heterocycles. The van der Waals surface area contributed by atoms with Crippen molar-refractivity contribution < 1.29 is 0 Å². The molecule has 1 nitrogen and oxygen atoms in total. The molecule has 0 bridgehead atoms. The second-order valence-electron chi connectivity index (χ2n) is 15.4. The summed E-state index contributed by atoms with van der Waals surface area (Å²) in [7, 11) is -1.48. The van der Waals surface area contributed by atoms with Crippen molar-refractivity contribution in [2.24, 2.45) is 0 Å². The third-order valence-electron chi connectivity index (χ3n) is 11.8. The van der Waals surface area contributed by atoms with E-state index in [1.165, 1.54) is 85.5 Å². The van der Waals surface area contributed by atoms with Gasteiger partial charge in [0.2, 0.25) is 0 Å². The van der Waals surface area contributed by atoms with Gasteiger partial charge in [-0.1, -0.05) is 179 Å².